The van der Waals surface area contributed by atoms with Gasteiger partial charge in [-0.25, -0.2) is 8.42 Å². The van der Waals surface area contributed by atoms with Crippen LogP contribution in [0.1, 0.15) is 39.2 Å². The lowest BCUT2D eigenvalue weighted by Gasteiger charge is -2.33. The zero-order valence-electron chi connectivity index (χ0n) is 22.7. The SMILES string of the molecule is CCCNC(=O)[C@@H](CC)N(Cc1ccccc1)C(=O)CN(c1ccc(OCC)cc1)S(=O)(=O)c1ccccc1. The van der Waals surface area contributed by atoms with Crippen LogP contribution in [0.5, 0.6) is 5.75 Å². The Hall–Kier alpha value is -3.85. The number of rotatable bonds is 14. The van der Waals surface area contributed by atoms with E-state index in [9.17, 15) is 18.0 Å². The van der Waals surface area contributed by atoms with Crippen LogP contribution in [0.25, 0.3) is 0 Å². The van der Waals surface area contributed by atoms with E-state index in [2.05, 4.69) is 5.32 Å². The molecule has 39 heavy (non-hydrogen) atoms. The van der Waals surface area contributed by atoms with Crippen LogP contribution in [0.3, 0.4) is 0 Å². The predicted octanol–water partition coefficient (Wildman–Crippen LogP) is 4.61. The number of hydrogen-bond donors (Lipinski definition) is 1. The van der Waals surface area contributed by atoms with Crippen molar-refractivity contribution in [3.63, 3.8) is 0 Å². The summed E-state index contributed by atoms with van der Waals surface area (Å²) >= 11 is 0. The number of benzene rings is 3. The molecule has 0 unspecified atom stereocenters. The van der Waals surface area contributed by atoms with Gasteiger partial charge in [0.05, 0.1) is 17.2 Å². The highest BCUT2D eigenvalue weighted by molar-refractivity contribution is 7.92. The Morgan fingerprint density at radius 2 is 1.49 bits per heavy atom. The molecule has 0 aliphatic rings. The van der Waals surface area contributed by atoms with Crippen molar-refractivity contribution in [3.8, 4) is 5.75 Å². The molecule has 0 aliphatic carbocycles. The molecular formula is C30H37N3O5S. The molecule has 0 heterocycles. The van der Waals surface area contributed by atoms with Gasteiger partial charge in [-0.05, 0) is 61.7 Å². The smallest absolute Gasteiger partial charge is 0.264 e. The Morgan fingerprint density at radius 1 is 0.872 bits per heavy atom. The van der Waals surface area contributed by atoms with Crippen molar-refractivity contribution in [2.45, 2.75) is 51.1 Å². The Labute approximate surface area is 231 Å². The van der Waals surface area contributed by atoms with Crippen molar-refractivity contribution in [2.24, 2.45) is 0 Å². The summed E-state index contributed by atoms with van der Waals surface area (Å²) in [4.78, 5) is 28.6. The summed E-state index contributed by atoms with van der Waals surface area (Å²) in [6, 6.07) is 23.2. The van der Waals surface area contributed by atoms with Crippen LogP contribution >= 0.6 is 0 Å². The van der Waals surface area contributed by atoms with Crippen molar-refractivity contribution in [2.75, 3.05) is 24.0 Å². The maximum absolute atomic E-state index is 14.0. The Kier molecular flexibility index (Phi) is 10.9. The normalized spacial score (nSPS) is 11.9. The lowest BCUT2D eigenvalue weighted by atomic mass is 10.1. The second-order valence-corrected chi connectivity index (χ2v) is 10.8. The molecule has 3 aromatic rings. The fourth-order valence-electron chi connectivity index (χ4n) is 4.19. The van der Waals surface area contributed by atoms with Crippen molar-refractivity contribution >= 4 is 27.5 Å². The maximum Gasteiger partial charge on any atom is 0.264 e. The van der Waals surface area contributed by atoms with E-state index < -0.39 is 28.5 Å². The van der Waals surface area contributed by atoms with Crippen molar-refractivity contribution in [1.29, 1.82) is 0 Å². The fourth-order valence-corrected chi connectivity index (χ4v) is 5.62. The molecule has 9 heteroatoms. The lowest BCUT2D eigenvalue weighted by molar-refractivity contribution is -0.140. The van der Waals surface area contributed by atoms with Crippen LogP contribution in [0.4, 0.5) is 5.69 Å². The first kappa shape index (κ1) is 29.7. The van der Waals surface area contributed by atoms with Gasteiger partial charge in [0.1, 0.15) is 18.3 Å². The molecule has 8 nitrogen and oxygen atoms in total. The number of sulfonamides is 1. The van der Waals surface area contributed by atoms with Crippen molar-refractivity contribution in [1.82, 2.24) is 10.2 Å². The number of carbonyl (C=O) groups is 2. The largest absolute Gasteiger partial charge is 0.494 e. The maximum atomic E-state index is 14.0. The standard InChI is InChI=1S/C30H37N3O5S/c1-4-21-31-30(35)28(5-2)32(22-24-13-9-7-10-14-24)29(34)23-33(25-17-19-26(20-18-25)38-6-3)39(36,37)27-15-11-8-12-16-27/h7-20,28H,4-6,21-23H2,1-3H3,(H,31,35)/t28-/m1/s1. The number of anilines is 1. The highest BCUT2D eigenvalue weighted by atomic mass is 32.2. The molecule has 1 atom stereocenters. The topological polar surface area (TPSA) is 96.0 Å². The van der Waals surface area contributed by atoms with E-state index in [1.807, 2.05) is 51.1 Å². The van der Waals surface area contributed by atoms with Gasteiger partial charge in [0.2, 0.25) is 11.8 Å². The summed E-state index contributed by atoms with van der Waals surface area (Å²) in [6.07, 6.45) is 1.14. The van der Waals surface area contributed by atoms with E-state index in [0.717, 1.165) is 16.3 Å². The van der Waals surface area contributed by atoms with Gasteiger partial charge >= 0.3 is 0 Å². The van der Waals surface area contributed by atoms with Gasteiger partial charge in [-0.15, -0.1) is 0 Å². The molecule has 0 aliphatic heterocycles. The summed E-state index contributed by atoms with van der Waals surface area (Å²) in [5.41, 5.74) is 1.16. The molecule has 0 spiro atoms. The number of ether oxygens (including phenoxy) is 1. The molecule has 0 bridgehead atoms. The highest BCUT2D eigenvalue weighted by Crippen LogP contribution is 2.26. The molecule has 0 fully saturated rings. The quantitative estimate of drug-likeness (QED) is 0.316. The fraction of sp³-hybridized carbons (Fsp3) is 0.333. The van der Waals surface area contributed by atoms with Gasteiger partial charge in [0.25, 0.3) is 10.0 Å². The monoisotopic (exact) mass is 551 g/mol. The van der Waals surface area contributed by atoms with E-state index in [1.165, 1.54) is 17.0 Å². The lowest BCUT2D eigenvalue weighted by Crippen LogP contribution is -2.52. The van der Waals surface area contributed by atoms with Crippen LogP contribution in [0, 0.1) is 0 Å². The summed E-state index contributed by atoms with van der Waals surface area (Å²) < 4.78 is 34.2. The molecule has 2 amide bonds. The molecule has 0 aromatic heterocycles. The van der Waals surface area contributed by atoms with E-state index >= 15 is 0 Å². The zero-order valence-corrected chi connectivity index (χ0v) is 23.6. The van der Waals surface area contributed by atoms with Gasteiger partial charge < -0.3 is 15.0 Å². The van der Waals surface area contributed by atoms with E-state index in [4.69, 9.17) is 4.74 Å². The number of amides is 2. The third-order valence-electron chi connectivity index (χ3n) is 6.18. The van der Waals surface area contributed by atoms with Crippen LogP contribution in [0.2, 0.25) is 0 Å². The molecule has 208 valence electrons. The van der Waals surface area contributed by atoms with E-state index in [0.29, 0.717) is 31.0 Å². The molecule has 0 saturated carbocycles. The average molecular weight is 552 g/mol. The summed E-state index contributed by atoms with van der Waals surface area (Å²) in [5.74, 6) is -0.151. The summed E-state index contributed by atoms with van der Waals surface area (Å²) in [5, 5.41) is 2.89. The molecule has 0 radical (unpaired) electrons. The summed E-state index contributed by atoms with van der Waals surface area (Å²) in [7, 11) is -4.10. The van der Waals surface area contributed by atoms with Crippen LogP contribution in [0.15, 0.2) is 89.8 Å². The van der Waals surface area contributed by atoms with Crippen molar-refractivity contribution in [3.05, 3.63) is 90.5 Å². The number of nitrogens with one attached hydrogen (secondary N) is 1. The van der Waals surface area contributed by atoms with Gasteiger partial charge in [-0.1, -0.05) is 62.4 Å². The molecule has 3 rings (SSSR count). The van der Waals surface area contributed by atoms with Gasteiger partial charge in [0, 0.05) is 13.1 Å². The second kappa shape index (κ2) is 14.3. The summed E-state index contributed by atoms with van der Waals surface area (Å²) in [6.45, 7) is 6.31. The van der Waals surface area contributed by atoms with Gasteiger partial charge in [-0.2, -0.15) is 0 Å². The predicted molar refractivity (Wildman–Crippen MR) is 153 cm³/mol. The minimum Gasteiger partial charge on any atom is -0.494 e. The number of carbonyl (C=O) groups excluding carboxylic acids is 2. The van der Waals surface area contributed by atoms with Gasteiger partial charge in [0.15, 0.2) is 0 Å². The number of nitrogens with zero attached hydrogens (tertiary/aromatic N) is 2. The van der Waals surface area contributed by atoms with Crippen LogP contribution < -0.4 is 14.4 Å². The van der Waals surface area contributed by atoms with Crippen LogP contribution in [-0.2, 0) is 26.2 Å². The minimum absolute atomic E-state index is 0.0639. The first-order chi connectivity index (χ1) is 18.8. The van der Waals surface area contributed by atoms with Gasteiger partial charge in [-0.3, -0.25) is 13.9 Å². The highest BCUT2D eigenvalue weighted by Gasteiger charge is 2.33. The van der Waals surface area contributed by atoms with Crippen LogP contribution in [-0.4, -0.2) is 50.9 Å². The number of hydrogen-bond acceptors (Lipinski definition) is 5. The Balaban J connectivity index is 2.02. The minimum atomic E-state index is -4.10. The Morgan fingerprint density at radius 3 is 2.05 bits per heavy atom. The molecule has 0 saturated heterocycles. The third kappa shape index (κ3) is 7.83. The average Bonchev–Trinajstić information content (AvgIpc) is 2.96. The van der Waals surface area contributed by atoms with E-state index in [-0.39, 0.29) is 17.3 Å². The third-order valence-corrected chi connectivity index (χ3v) is 7.96. The zero-order chi connectivity index (χ0) is 28.3. The van der Waals surface area contributed by atoms with E-state index in [1.54, 1.807) is 42.5 Å². The molecule has 1 N–H and O–H groups in total. The molecular weight excluding hydrogens is 514 g/mol. The second-order valence-electron chi connectivity index (χ2n) is 8.97. The first-order valence-corrected chi connectivity index (χ1v) is 14.7. The van der Waals surface area contributed by atoms with Crippen molar-refractivity contribution < 1.29 is 22.7 Å². The first-order valence-electron chi connectivity index (χ1n) is 13.2. The molecule has 3 aromatic carbocycles. The Bertz CT molecular complexity index is 1300.